The van der Waals surface area contributed by atoms with Crippen molar-refractivity contribution in [2.24, 2.45) is 7.05 Å². The van der Waals surface area contributed by atoms with Gasteiger partial charge in [-0.25, -0.2) is 0 Å². The molecule has 0 aliphatic carbocycles. The zero-order chi connectivity index (χ0) is 11.4. The highest BCUT2D eigenvalue weighted by Crippen LogP contribution is 2.01. The summed E-state index contributed by atoms with van der Waals surface area (Å²) in [6.45, 7) is 0. The normalized spacial score (nSPS) is 9.31. The fourth-order valence-corrected chi connectivity index (χ4v) is 1.41. The third kappa shape index (κ3) is 2.21. The highest BCUT2D eigenvalue weighted by atomic mass is 16.1. The van der Waals surface area contributed by atoms with Gasteiger partial charge in [0.15, 0.2) is 0 Å². The molecule has 2 nitrogen and oxygen atoms in total. The molecule has 2 rings (SSSR count). The summed E-state index contributed by atoms with van der Waals surface area (Å²) in [5.41, 5.74) is 1.47. The van der Waals surface area contributed by atoms with Gasteiger partial charge in [0, 0.05) is 18.8 Å². The van der Waals surface area contributed by atoms with Crippen LogP contribution in [0, 0.1) is 11.8 Å². The number of benzene rings is 1. The molecule has 0 saturated carbocycles. The third-order valence-electron chi connectivity index (χ3n) is 2.27. The summed E-state index contributed by atoms with van der Waals surface area (Å²) < 4.78 is 1.77. The molecule has 78 valence electrons. The fourth-order valence-electron chi connectivity index (χ4n) is 1.41. The average Bonchev–Trinajstić information content (AvgIpc) is 2.74. The van der Waals surface area contributed by atoms with E-state index in [1.165, 1.54) is 0 Å². The summed E-state index contributed by atoms with van der Waals surface area (Å²) in [6, 6.07) is 13.1. The summed E-state index contributed by atoms with van der Waals surface area (Å²) in [5.74, 6) is 5.32. The van der Waals surface area contributed by atoms with E-state index in [1.807, 2.05) is 49.6 Å². The predicted octanol–water partition coefficient (Wildman–Crippen LogP) is 2.26. The van der Waals surface area contributed by atoms with E-state index in [1.54, 1.807) is 10.6 Å². The molecule has 0 aliphatic heterocycles. The zero-order valence-corrected chi connectivity index (χ0v) is 8.97. The van der Waals surface area contributed by atoms with Crippen molar-refractivity contribution in [3.8, 4) is 11.8 Å². The Kier molecular flexibility index (Phi) is 2.88. The van der Waals surface area contributed by atoms with Crippen LogP contribution in [-0.2, 0) is 7.05 Å². The number of carbonyl (C=O) groups is 1. The second kappa shape index (κ2) is 4.50. The minimum atomic E-state index is -0.156. The van der Waals surface area contributed by atoms with Crippen LogP contribution in [0.5, 0.6) is 0 Å². The van der Waals surface area contributed by atoms with Crippen molar-refractivity contribution in [3.05, 3.63) is 59.9 Å². The van der Waals surface area contributed by atoms with Gasteiger partial charge in [-0.2, -0.15) is 0 Å². The highest BCUT2D eigenvalue weighted by molar-refractivity contribution is 6.08. The largest absolute Gasteiger partial charge is 0.347 e. The minimum absolute atomic E-state index is 0.156. The van der Waals surface area contributed by atoms with Crippen LogP contribution in [0.15, 0.2) is 48.7 Å². The van der Waals surface area contributed by atoms with Gasteiger partial charge in [-0.1, -0.05) is 24.1 Å². The van der Waals surface area contributed by atoms with Crippen LogP contribution in [0.2, 0.25) is 0 Å². The molecule has 0 amide bonds. The van der Waals surface area contributed by atoms with Gasteiger partial charge in [-0.15, -0.1) is 0 Å². The number of Topliss-reactive ketones (excluding diaryl/α,β-unsaturated/α-hetero) is 1. The van der Waals surface area contributed by atoms with Crippen LogP contribution < -0.4 is 0 Å². The van der Waals surface area contributed by atoms with Crippen LogP contribution in [-0.4, -0.2) is 10.4 Å². The minimum Gasteiger partial charge on any atom is -0.347 e. The number of hydrogen-bond acceptors (Lipinski definition) is 1. The third-order valence-corrected chi connectivity index (χ3v) is 2.27. The van der Waals surface area contributed by atoms with E-state index in [4.69, 9.17) is 0 Å². The van der Waals surface area contributed by atoms with Crippen molar-refractivity contribution in [2.75, 3.05) is 0 Å². The molecule has 0 atom stereocenters. The predicted molar refractivity (Wildman–Crippen MR) is 63.1 cm³/mol. The lowest BCUT2D eigenvalue weighted by atomic mass is 10.2. The Balaban J connectivity index is 2.21. The molecule has 0 fully saturated rings. The van der Waals surface area contributed by atoms with Gasteiger partial charge in [0.2, 0.25) is 0 Å². The van der Waals surface area contributed by atoms with Crippen molar-refractivity contribution in [3.63, 3.8) is 0 Å². The number of nitrogens with zero attached hydrogens (tertiary/aromatic N) is 1. The zero-order valence-electron chi connectivity index (χ0n) is 8.97. The first kappa shape index (κ1) is 10.3. The second-order valence-corrected chi connectivity index (χ2v) is 3.45. The molecule has 0 aliphatic rings. The quantitative estimate of drug-likeness (QED) is 0.521. The van der Waals surface area contributed by atoms with E-state index in [9.17, 15) is 4.79 Å². The van der Waals surface area contributed by atoms with E-state index in [0.717, 1.165) is 5.56 Å². The Bertz CT molecular complexity index is 555. The van der Waals surface area contributed by atoms with Gasteiger partial charge >= 0.3 is 0 Å². The number of aryl methyl sites for hydroxylation is 1. The van der Waals surface area contributed by atoms with Crippen LogP contribution in [0.25, 0.3) is 0 Å². The number of ketones is 1. The van der Waals surface area contributed by atoms with Gasteiger partial charge in [-0.05, 0) is 30.2 Å². The van der Waals surface area contributed by atoms with Gasteiger partial charge in [0.1, 0.15) is 0 Å². The van der Waals surface area contributed by atoms with E-state index < -0.39 is 0 Å². The SMILES string of the molecule is Cn1cccc1C(=O)C#Cc1ccccc1. The summed E-state index contributed by atoms with van der Waals surface area (Å²) in [4.78, 5) is 11.7. The Morgan fingerprint density at radius 3 is 2.50 bits per heavy atom. The fraction of sp³-hybridized carbons (Fsp3) is 0.0714. The molecule has 0 unspecified atom stereocenters. The van der Waals surface area contributed by atoms with Crippen molar-refractivity contribution in [1.29, 1.82) is 0 Å². The van der Waals surface area contributed by atoms with Crippen molar-refractivity contribution in [2.45, 2.75) is 0 Å². The van der Waals surface area contributed by atoms with E-state index in [0.29, 0.717) is 5.69 Å². The van der Waals surface area contributed by atoms with Crippen LogP contribution in [0.4, 0.5) is 0 Å². The van der Waals surface area contributed by atoms with Crippen molar-refractivity contribution in [1.82, 2.24) is 4.57 Å². The summed E-state index contributed by atoms with van der Waals surface area (Å²) in [5, 5.41) is 0. The molecule has 0 N–H and O–H groups in total. The van der Waals surface area contributed by atoms with Crippen molar-refractivity contribution >= 4 is 5.78 Å². The van der Waals surface area contributed by atoms with Gasteiger partial charge < -0.3 is 4.57 Å². The number of hydrogen-bond donors (Lipinski definition) is 0. The maximum Gasteiger partial charge on any atom is 0.252 e. The monoisotopic (exact) mass is 209 g/mol. The molecule has 0 spiro atoms. The lowest BCUT2D eigenvalue weighted by Gasteiger charge is -1.94. The molecule has 1 aromatic carbocycles. The second-order valence-electron chi connectivity index (χ2n) is 3.45. The Labute approximate surface area is 94.5 Å². The topological polar surface area (TPSA) is 22.0 Å². The maximum atomic E-state index is 11.7. The van der Waals surface area contributed by atoms with Gasteiger partial charge in [0.25, 0.3) is 5.78 Å². The molecule has 2 heteroatoms. The van der Waals surface area contributed by atoms with E-state index in [2.05, 4.69) is 11.8 Å². The first-order chi connectivity index (χ1) is 7.77. The lowest BCUT2D eigenvalue weighted by molar-refractivity contribution is 0.104. The molecular formula is C14H11NO. The Morgan fingerprint density at radius 1 is 1.12 bits per heavy atom. The first-order valence-electron chi connectivity index (χ1n) is 5.00. The van der Waals surface area contributed by atoms with Crippen LogP contribution in [0.1, 0.15) is 16.1 Å². The average molecular weight is 209 g/mol. The first-order valence-corrected chi connectivity index (χ1v) is 5.00. The molecule has 0 radical (unpaired) electrons. The Hall–Kier alpha value is -2.27. The summed E-state index contributed by atoms with van der Waals surface area (Å²) >= 11 is 0. The number of rotatable bonds is 1. The molecule has 2 aromatic rings. The molecule has 16 heavy (non-hydrogen) atoms. The summed E-state index contributed by atoms with van der Waals surface area (Å²) in [6.07, 6.45) is 1.83. The molecule has 0 bridgehead atoms. The summed E-state index contributed by atoms with van der Waals surface area (Å²) in [7, 11) is 1.83. The van der Waals surface area contributed by atoms with E-state index >= 15 is 0 Å². The molecular weight excluding hydrogens is 198 g/mol. The van der Waals surface area contributed by atoms with Crippen molar-refractivity contribution < 1.29 is 4.79 Å². The Morgan fingerprint density at radius 2 is 1.88 bits per heavy atom. The molecule has 0 saturated heterocycles. The lowest BCUT2D eigenvalue weighted by Crippen LogP contribution is -2.02. The molecule has 1 heterocycles. The number of aromatic nitrogens is 1. The smallest absolute Gasteiger partial charge is 0.252 e. The standard InChI is InChI=1S/C14H11NO/c1-15-11-5-8-13(15)14(16)10-9-12-6-3-2-4-7-12/h2-8,11H,1H3. The molecule has 1 aromatic heterocycles. The van der Waals surface area contributed by atoms with E-state index in [-0.39, 0.29) is 5.78 Å². The van der Waals surface area contributed by atoms with Gasteiger partial charge in [-0.3, -0.25) is 4.79 Å². The van der Waals surface area contributed by atoms with Crippen LogP contribution >= 0.6 is 0 Å². The van der Waals surface area contributed by atoms with Gasteiger partial charge in [0.05, 0.1) is 5.69 Å². The van der Waals surface area contributed by atoms with Crippen LogP contribution in [0.3, 0.4) is 0 Å². The number of carbonyl (C=O) groups excluding carboxylic acids is 1. The maximum absolute atomic E-state index is 11.7. The highest BCUT2D eigenvalue weighted by Gasteiger charge is 2.04.